The number of thiophene rings is 1. The van der Waals surface area contributed by atoms with E-state index in [1.54, 1.807) is 24.3 Å². The van der Waals surface area contributed by atoms with Crippen LogP contribution in [0.4, 0.5) is 0 Å². The van der Waals surface area contributed by atoms with Crippen molar-refractivity contribution in [1.29, 1.82) is 0 Å². The van der Waals surface area contributed by atoms with Crippen LogP contribution in [-0.4, -0.2) is 39.0 Å². The Labute approximate surface area is 157 Å². The highest BCUT2D eigenvalue weighted by Crippen LogP contribution is 2.28. The lowest BCUT2D eigenvalue weighted by Crippen LogP contribution is -2.31. The summed E-state index contributed by atoms with van der Waals surface area (Å²) in [5.41, 5.74) is 1.70. The van der Waals surface area contributed by atoms with Gasteiger partial charge in [-0.05, 0) is 31.5 Å². The Hall–Kier alpha value is -2.45. The van der Waals surface area contributed by atoms with Gasteiger partial charge in [-0.2, -0.15) is 0 Å². The van der Waals surface area contributed by atoms with Crippen LogP contribution in [0.3, 0.4) is 0 Å². The van der Waals surface area contributed by atoms with Gasteiger partial charge in [0.1, 0.15) is 4.83 Å². The number of amides is 2. The van der Waals surface area contributed by atoms with Gasteiger partial charge in [-0.1, -0.05) is 23.9 Å². The number of thioether (sulfide) groups is 1. The van der Waals surface area contributed by atoms with Gasteiger partial charge in [0.25, 0.3) is 17.4 Å². The van der Waals surface area contributed by atoms with E-state index in [1.165, 1.54) is 28.0 Å². The van der Waals surface area contributed by atoms with Gasteiger partial charge in [-0.25, -0.2) is 4.98 Å². The van der Waals surface area contributed by atoms with Crippen LogP contribution in [-0.2, 0) is 0 Å². The summed E-state index contributed by atoms with van der Waals surface area (Å²) in [5.74, 6) is -0.0799. The second kappa shape index (κ2) is 6.37. The molecule has 2 aromatic heterocycles. The Balaban J connectivity index is 1.49. The molecule has 1 N–H and O–H groups in total. The maximum atomic E-state index is 12.3. The molecule has 4 rings (SSSR count). The summed E-state index contributed by atoms with van der Waals surface area (Å²) in [6.45, 7) is 4.15. The molecule has 3 heterocycles. The number of imide groups is 1. The number of H-pyrrole nitrogens is 1. The van der Waals surface area contributed by atoms with Crippen LogP contribution >= 0.6 is 23.1 Å². The minimum Gasteiger partial charge on any atom is -0.301 e. The van der Waals surface area contributed by atoms with Crippen molar-refractivity contribution < 1.29 is 9.59 Å². The van der Waals surface area contributed by atoms with E-state index in [9.17, 15) is 14.4 Å². The molecular formula is C18H15N3O3S2. The smallest absolute Gasteiger partial charge is 0.261 e. The lowest BCUT2D eigenvalue weighted by atomic mass is 10.1. The fourth-order valence-electron chi connectivity index (χ4n) is 2.98. The number of hydrogen-bond donors (Lipinski definition) is 1. The fourth-order valence-corrected chi connectivity index (χ4v) is 4.85. The number of nitrogens with zero attached hydrogens (tertiary/aromatic N) is 2. The molecule has 1 aliphatic heterocycles. The van der Waals surface area contributed by atoms with Crippen LogP contribution in [0, 0.1) is 13.8 Å². The summed E-state index contributed by atoms with van der Waals surface area (Å²) >= 11 is 2.82. The van der Waals surface area contributed by atoms with E-state index < -0.39 is 0 Å². The molecule has 1 aromatic carbocycles. The molecule has 0 spiro atoms. The monoisotopic (exact) mass is 385 g/mol. The van der Waals surface area contributed by atoms with Crippen LogP contribution < -0.4 is 5.56 Å². The van der Waals surface area contributed by atoms with Crippen LogP contribution in [0.25, 0.3) is 10.2 Å². The molecule has 0 aliphatic carbocycles. The minimum absolute atomic E-state index is 0.153. The van der Waals surface area contributed by atoms with Crippen LogP contribution in [0.1, 0.15) is 31.2 Å². The zero-order valence-corrected chi connectivity index (χ0v) is 15.8. The van der Waals surface area contributed by atoms with Crippen LogP contribution in [0.5, 0.6) is 0 Å². The fraction of sp³-hybridized carbons (Fsp3) is 0.222. The minimum atomic E-state index is -0.271. The van der Waals surface area contributed by atoms with E-state index in [4.69, 9.17) is 0 Å². The molecule has 132 valence electrons. The van der Waals surface area contributed by atoms with Gasteiger partial charge in [0, 0.05) is 17.2 Å². The molecular weight excluding hydrogens is 370 g/mol. The van der Waals surface area contributed by atoms with Gasteiger partial charge in [0.2, 0.25) is 0 Å². The van der Waals surface area contributed by atoms with Crippen molar-refractivity contribution in [2.45, 2.75) is 19.0 Å². The number of aromatic nitrogens is 2. The summed E-state index contributed by atoms with van der Waals surface area (Å²) in [7, 11) is 0. The molecule has 1 aliphatic rings. The van der Waals surface area contributed by atoms with Gasteiger partial charge in [-0.3, -0.25) is 19.3 Å². The normalized spacial score (nSPS) is 13.7. The van der Waals surface area contributed by atoms with Gasteiger partial charge < -0.3 is 4.98 Å². The molecule has 0 saturated heterocycles. The summed E-state index contributed by atoms with van der Waals surface area (Å²) in [5, 5.41) is 1.14. The van der Waals surface area contributed by atoms with Crippen LogP contribution in [0.2, 0.25) is 0 Å². The van der Waals surface area contributed by atoms with E-state index >= 15 is 0 Å². The van der Waals surface area contributed by atoms with Crippen molar-refractivity contribution in [2.75, 3.05) is 12.3 Å². The molecule has 0 fully saturated rings. The number of benzene rings is 1. The molecule has 0 saturated carbocycles. The number of hydrogen-bond acceptors (Lipinski definition) is 6. The molecule has 3 aromatic rings. The zero-order chi connectivity index (χ0) is 18.4. The highest BCUT2D eigenvalue weighted by Gasteiger charge is 2.34. The second-order valence-corrected chi connectivity index (χ2v) is 8.28. The van der Waals surface area contributed by atoms with Gasteiger partial charge >= 0.3 is 0 Å². The number of aromatic amines is 1. The maximum absolute atomic E-state index is 12.3. The van der Waals surface area contributed by atoms with Gasteiger partial charge in [-0.15, -0.1) is 11.3 Å². The van der Waals surface area contributed by atoms with Crippen molar-refractivity contribution in [1.82, 2.24) is 14.9 Å². The van der Waals surface area contributed by atoms with Crippen molar-refractivity contribution >= 4 is 45.1 Å². The van der Waals surface area contributed by atoms with Crippen molar-refractivity contribution in [3.8, 4) is 0 Å². The maximum Gasteiger partial charge on any atom is 0.261 e. The highest BCUT2D eigenvalue weighted by atomic mass is 32.2. The largest absolute Gasteiger partial charge is 0.301 e. The molecule has 8 heteroatoms. The van der Waals surface area contributed by atoms with Gasteiger partial charge in [0.15, 0.2) is 5.16 Å². The predicted molar refractivity (Wildman–Crippen MR) is 102 cm³/mol. The first-order valence-corrected chi connectivity index (χ1v) is 9.85. The zero-order valence-electron chi connectivity index (χ0n) is 14.2. The number of rotatable bonds is 4. The second-order valence-electron chi connectivity index (χ2n) is 5.99. The Morgan fingerprint density at radius 2 is 1.77 bits per heavy atom. The van der Waals surface area contributed by atoms with E-state index in [1.807, 2.05) is 13.8 Å². The Morgan fingerprint density at radius 3 is 2.42 bits per heavy atom. The molecule has 6 nitrogen and oxygen atoms in total. The highest BCUT2D eigenvalue weighted by molar-refractivity contribution is 7.99. The summed E-state index contributed by atoms with van der Waals surface area (Å²) in [4.78, 5) is 47.3. The third-order valence-electron chi connectivity index (χ3n) is 4.45. The lowest BCUT2D eigenvalue weighted by Gasteiger charge is -2.12. The number of nitrogens with one attached hydrogen (secondary N) is 1. The number of aryl methyl sites for hydroxylation is 2. The Kier molecular flexibility index (Phi) is 4.16. The van der Waals surface area contributed by atoms with Crippen molar-refractivity contribution in [3.63, 3.8) is 0 Å². The molecule has 0 unspecified atom stereocenters. The Bertz CT molecular complexity index is 1080. The average Bonchev–Trinajstić information content (AvgIpc) is 3.04. The first kappa shape index (κ1) is 17.0. The van der Waals surface area contributed by atoms with Gasteiger partial charge in [0.05, 0.1) is 16.5 Å². The molecule has 0 atom stereocenters. The number of carbonyl (C=O) groups is 2. The summed E-state index contributed by atoms with van der Waals surface area (Å²) in [6, 6.07) is 6.82. The van der Waals surface area contributed by atoms with Crippen molar-refractivity contribution in [3.05, 3.63) is 56.2 Å². The third kappa shape index (κ3) is 2.65. The van der Waals surface area contributed by atoms with E-state index in [-0.39, 0.29) is 23.9 Å². The number of carbonyl (C=O) groups excluding carboxylic acids is 2. The van der Waals surface area contributed by atoms with E-state index in [0.717, 1.165) is 10.4 Å². The summed E-state index contributed by atoms with van der Waals surface area (Å²) < 4.78 is 0. The molecule has 0 bridgehead atoms. The predicted octanol–water partition coefficient (Wildman–Crippen LogP) is 2.99. The Morgan fingerprint density at radius 1 is 1.12 bits per heavy atom. The topological polar surface area (TPSA) is 83.1 Å². The average molecular weight is 385 g/mol. The quantitative estimate of drug-likeness (QED) is 0.424. The van der Waals surface area contributed by atoms with Crippen LogP contribution in [0.15, 0.2) is 34.2 Å². The van der Waals surface area contributed by atoms with E-state index in [0.29, 0.717) is 32.3 Å². The van der Waals surface area contributed by atoms with E-state index in [2.05, 4.69) is 9.97 Å². The molecule has 2 amide bonds. The SMILES string of the molecule is Cc1sc2nc(SCCN3C(=O)c4ccccc4C3=O)[nH]c(=O)c2c1C. The molecule has 0 radical (unpaired) electrons. The molecule has 26 heavy (non-hydrogen) atoms. The first-order chi connectivity index (χ1) is 12.5. The summed E-state index contributed by atoms with van der Waals surface area (Å²) in [6.07, 6.45) is 0. The lowest BCUT2D eigenvalue weighted by molar-refractivity contribution is 0.0664. The number of fused-ring (bicyclic) bond motifs is 2. The third-order valence-corrected chi connectivity index (χ3v) is 6.40. The standard InChI is InChI=1S/C18H15N3O3S2/c1-9-10(2)26-15-13(9)14(22)19-18(20-15)25-8-7-21-16(23)11-5-3-4-6-12(11)17(21)24/h3-6H,7-8H2,1-2H3,(H,19,20,22). The first-order valence-electron chi connectivity index (χ1n) is 8.05. The van der Waals surface area contributed by atoms with Crippen molar-refractivity contribution in [2.24, 2.45) is 0 Å².